The molecule has 0 aliphatic heterocycles. The van der Waals surface area contributed by atoms with E-state index in [0.29, 0.717) is 44.5 Å². The van der Waals surface area contributed by atoms with Crippen LogP contribution in [0.5, 0.6) is 0 Å². The molecule has 0 spiro atoms. The highest BCUT2D eigenvalue weighted by molar-refractivity contribution is 7.99. The van der Waals surface area contributed by atoms with Gasteiger partial charge in [-0.1, -0.05) is 18.2 Å². The lowest BCUT2D eigenvalue weighted by molar-refractivity contribution is -0.118. The molecular formula is C18H26N8O3S2. The summed E-state index contributed by atoms with van der Waals surface area (Å²) in [5.74, 6) is 5.33. The van der Waals surface area contributed by atoms with E-state index in [-0.39, 0.29) is 5.84 Å². The molecule has 2 aromatic rings. The quantitative estimate of drug-likeness (QED) is 0.0686. The fourth-order valence-electron chi connectivity index (χ4n) is 2.75. The molecule has 2 aromatic carbocycles. The average molecular weight is 467 g/mol. The SMILES string of the molecule is NCCSc1ccc(-c2cccc(NC(=O)C(N)CO)c2)c(/C(N)=N/NN)c1S(N)=O. The Morgan fingerprint density at radius 1 is 1.29 bits per heavy atom. The topological polar surface area (TPSA) is 221 Å². The van der Waals surface area contributed by atoms with E-state index >= 15 is 0 Å². The molecular weight excluding hydrogens is 440 g/mol. The number of anilines is 1. The minimum Gasteiger partial charge on any atom is -0.394 e. The average Bonchev–Trinajstić information content (AvgIpc) is 2.76. The first kappa shape index (κ1) is 24.7. The van der Waals surface area contributed by atoms with Crippen LogP contribution in [0.4, 0.5) is 5.69 Å². The van der Waals surface area contributed by atoms with Crippen molar-refractivity contribution in [3.63, 3.8) is 0 Å². The lowest BCUT2D eigenvalue weighted by Gasteiger charge is -2.17. The van der Waals surface area contributed by atoms with Crippen molar-refractivity contribution < 1.29 is 14.1 Å². The number of hydrazine groups is 1. The molecule has 2 atom stereocenters. The van der Waals surface area contributed by atoms with Crippen LogP contribution in [0.3, 0.4) is 0 Å². The van der Waals surface area contributed by atoms with E-state index in [1.54, 1.807) is 36.4 Å². The first-order valence-corrected chi connectivity index (χ1v) is 11.3. The summed E-state index contributed by atoms with van der Waals surface area (Å²) in [5.41, 5.74) is 21.4. The maximum absolute atomic E-state index is 12.5. The van der Waals surface area contributed by atoms with Gasteiger partial charge in [-0.05, 0) is 29.3 Å². The highest BCUT2D eigenvalue weighted by Gasteiger charge is 2.22. The minimum atomic E-state index is -1.89. The van der Waals surface area contributed by atoms with Crippen molar-refractivity contribution >= 4 is 40.2 Å². The molecule has 168 valence electrons. The zero-order chi connectivity index (χ0) is 23.0. The molecule has 13 heteroatoms. The molecule has 2 unspecified atom stereocenters. The Morgan fingerprint density at radius 3 is 2.65 bits per heavy atom. The summed E-state index contributed by atoms with van der Waals surface area (Å²) < 4.78 is 12.5. The fraction of sp³-hybridized carbons (Fsp3) is 0.222. The number of amides is 1. The second-order valence-electron chi connectivity index (χ2n) is 6.24. The number of carbonyl (C=O) groups excluding carboxylic acids is 1. The number of rotatable bonds is 10. The number of nitrogens with one attached hydrogen (secondary N) is 2. The summed E-state index contributed by atoms with van der Waals surface area (Å²) in [4.78, 5) is 13.0. The molecule has 0 radical (unpaired) electrons. The highest BCUT2D eigenvalue weighted by atomic mass is 32.2. The Labute approximate surface area is 186 Å². The van der Waals surface area contributed by atoms with Crippen molar-refractivity contribution in [3.8, 4) is 11.1 Å². The number of aliphatic hydroxyl groups excluding tert-OH is 1. The Balaban J connectivity index is 2.64. The van der Waals surface area contributed by atoms with Gasteiger partial charge in [0, 0.05) is 28.4 Å². The second-order valence-corrected chi connectivity index (χ2v) is 8.38. The zero-order valence-corrected chi connectivity index (χ0v) is 18.2. The summed E-state index contributed by atoms with van der Waals surface area (Å²) in [6.45, 7) is -0.0631. The van der Waals surface area contributed by atoms with E-state index in [0.717, 1.165) is 0 Å². The van der Waals surface area contributed by atoms with Gasteiger partial charge in [0.1, 0.15) is 17.0 Å². The minimum absolute atomic E-state index is 0.0155. The van der Waals surface area contributed by atoms with Gasteiger partial charge in [-0.3, -0.25) is 4.79 Å². The largest absolute Gasteiger partial charge is 0.394 e. The molecule has 1 amide bonds. The Hall–Kier alpha value is -2.52. The van der Waals surface area contributed by atoms with E-state index in [1.807, 2.05) is 0 Å². The Bertz CT molecular complexity index is 986. The van der Waals surface area contributed by atoms with Crippen LogP contribution < -0.4 is 39.0 Å². The molecule has 31 heavy (non-hydrogen) atoms. The highest BCUT2D eigenvalue weighted by Crippen LogP contribution is 2.35. The van der Waals surface area contributed by atoms with Crippen molar-refractivity contribution in [2.75, 3.05) is 24.2 Å². The van der Waals surface area contributed by atoms with Gasteiger partial charge in [-0.2, -0.15) is 0 Å². The standard InChI is InChI=1S/C18H26N8O3S2/c19-6-7-30-14-5-4-12(15(16(14)31(23)29)17(21)25-26-22)10-2-1-3-11(8-10)24-18(28)13(20)9-27/h1-5,8,13,26-27H,6-7,9,19-20,22-23H2,(H2,21,25)(H,24,28). The Morgan fingerprint density at radius 2 is 2.03 bits per heavy atom. The predicted molar refractivity (Wildman–Crippen MR) is 124 cm³/mol. The molecule has 0 saturated carbocycles. The van der Waals surface area contributed by atoms with Gasteiger partial charge in [-0.25, -0.2) is 20.7 Å². The van der Waals surface area contributed by atoms with Crippen LogP contribution >= 0.6 is 11.8 Å². The van der Waals surface area contributed by atoms with Crippen molar-refractivity contribution in [3.05, 3.63) is 42.0 Å². The number of hydrogen-bond donors (Lipinski definition) is 8. The molecule has 0 saturated heterocycles. The van der Waals surface area contributed by atoms with Crippen molar-refractivity contribution in [2.24, 2.45) is 33.3 Å². The van der Waals surface area contributed by atoms with Gasteiger partial charge < -0.3 is 27.6 Å². The van der Waals surface area contributed by atoms with Crippen LogP contribution in [0.25, 0.3) is 11.1 Å². The van der Waals surface area contributed by atoms with Gasteiger partial charge in [0.05, 0.1) is 11.5 Å². The molecule has 0 aliphatic carbocycles. The lowest BCUT2D eigenvalue weighted by Crippen LogP contribution is -2.38. The third-order valence-corrected chi connectivity index (χ3v) is 6.16. The number of amidine groups is 1. The number of nitrogens with zero attached hydrogens (tertiary/aromatic N) is 1. The molecule has 0 heterocycles. The van der Waals surface area contributed by atoms with Crippen molar-refractivity contribution in [2.45, 2.75) is 15.8 Å². The first-order valence-electron chi connectivity index (χ1n) is 9.06. The van der Waals surface area contributed by atoms with Crippen LogP contribution in [0.1, 0.15) is 5.56 Å². The van der Waals surface area contributed by atoms with Crippen LogP contribution in [0.15, 0.2) is 51.3 Å². The van der Waals surface area contributed by atoms with Gasteiger partial charge in [0.25, 0.3) is 0 Å². The van der Waals surface area contributed by atoms with E-state index < -0.39 is 29.5 Å². The zero-order valence-electron chi connectivity index (χ0n) is 16.6. The number of aliphatic hydroxyl groups is 1. The van der Waals surface area contributed by atoms with Gasteiger partial charge >= 0.3 is 0 Å². The van der Waals surface area contributed by atoms with E-state index in [9.17, 15) is 9.00 Å². The second kappa shape index (κ2) is 11.8. The van der Waals surface area contributed by atoms with Crippen LogP contribution in [-0.4, -0.2) is 46.0 Å². The van der Waals surface area contributed by atoms with Gasteiger partial charge in [0.15, 0.2) is 5.84 Å². The lowest BCUT2D eigenvalue weighted by atomic mass is 9.98. The number of hydrogen-bond acceptors (Lipinski definition) is 9. The summed E-state index contributed by atoms with van der Waals surface area (Å²) >= 11 is 1.39. The number of hydrazone groups is 1. The van der Waals surface area contributed by atoms with Gasteiger partial charge in [-0.15, -0.1) is 16.9 Å². The molecule has 0 aromatic heterocycles. The van der Waals surface area contributed by atoms with E-state index in [1.165, 1.54) is 11.8 Å². The maximum Gasteiger partial charge on any atom is 0.243 e. The molecule has 2 rings (SSSR count). The maximum atomic E-state index is 12.5. The molecule has 0 fully saturated rings. The third-order valence-electron chi connectivity index (χ3n) is 4.11. The third kappa shape index (κ3) is 6.24. The van der Waals surface area contributed by atoms with Gasteiger partial charge in [0.2, 0.25) is 5.91 Å². The summed E-state index contributed by atoms with van der Waals surface area (Å²) in [6, 6.07) is 9.34. The number of benzene rings is 2. The number of nitrogens with two attached hydrogens (primary N) is 5. The van der Waals surface area contributed by atoms with Crippen LogP contribution in [0.2, 0.25) is 0 Å². The normalized spacial score (nSPS) is 13.5. The number of thioether (sulfide) groups is 1. The summed E-state index contributed by atoms with van der Waals surface area (Å²) in [5, 5.41) is 21.3. The number of carbonyl (C=O) groups is 1. The summed E-state index contributed by atoms with van der Waals surface area (Å²) in [7, 11) is -1.89. The molecule has 0 bridgehead atoms. The van der Waals surface area contributed by atoms with E-state index in [2.05, 4.69) is 16.0 Å². The van der Waals surface area contributed by atoms with Crippen molar-refractivity contribution in [1.82, 2.24) is 5.53 Å². The first-order chi connectivity index (χ1) is 14.8. The fourth-order valence-corrected chi connectivity index (χ4v) is 4.59. The van der Waals surface area contributed by atoms with Crippen LogP contribution in [-0.2, 0) is 15.8 Å². The van der Waals surface area contributed by atoms with Crippen molar-refractivity contribution in [1.29, 1.82) is 0 Å². The smallest absolute Gasteiger partial charge is 0.243 e. The van der Waals surface area contributed by atoms with Crippen LogP contribution in [0, 0.1) is 0 Å². The Kier molecular flexibility index (Phi) is 9.39. The predicted octanol–water partition coefficient (Wildman–Crippen LogP) is -1.27. The molecule has 11 nitrogen and oxygen atoms in total. The molecule has 0 aliphatic rings. The monoisotopic (exact) mass is 466 g/mol. The van der Waals surface area contributed by atoms with E-state index in [4.69, 9.17) is 33.3 Å². The molecule has 13 N–H and O–H groups in total. The summed E-state index contributed by atoms with van der Waals surface area (Å²) in [6.07, 6.45) is 0.